The summed E-state index contributed by atoms with van der Waals surface area (Å²) in [5.41, 5.74) is 0.547. The van der Waals surface area contributed by atoms with Crippen molar-refractivity contribution >= 4 is 29.6 Å². The van der Waals surface area contributed by atoms with Gasteiger partial charge in [-0.15, -0.1) is 0 Å². The fourth-order valence-electron chi connectivity index (χ4n) is 1.04. The van der Waals surface area contributed by atoms with Crippen molar-refractivity contribution in [3.05, 3.63) is 33.8 Å². The van der Waals surface area contributed by atoms with Crippen LogP contribution in [0.4, 0.5) is 0 Å². The van der Waals surface area contributed by atoms with Gasteiger partial charge < -0.3 is 10.4 Å². The third kappa shape index (κ3) is 2.87. The Hall–Kier alpha value is -0.770. The van der Waals surface area contributed by atoms with Crippen molar-refractivity contribution in [2.75, 3.05) is 6.54 Å². The number of aliphatic hydroxyl groups excluding tert-OH is 1. The van der Waals surface area contributed by atoms with Crippen molar-refractivity contribution < 1.29 is 9.90 Å². The Kier molecular flexibility index (Phi) is 4.20. The first kappa shape index (κ1) is 11.3. The smallest absolute Gasteiger partial charge is 0.207 e. The summed E-state index contributed by atoms with van der Waals surface area (Å²) in [5, 5.41) is 12.8. The third-order valence-electron chi connectivity index (χ3n) is 1.72. The Bertz CT molecular complexity index is 331. The summed E-state index contributed by atoms with van der Waals surface area (Å²) < 4.78 is 0. The minimum atomic E-state index is -0.815. The number of carbonyl (C=O) groups is 1. The topological polar surface area (TPSA) is 49.3 Å². The second-order valence-corrected chi connectivity index (χ2v) is 3.55. The van der Waals surface area contributed by atoms with Crippen LogP contribution in [-0.4, -0.2) is 18.1 Å². The first-order valence-corrected chi connectivity index (χ1v) is 4.70. The summed E-state index contributed by atoms with van der Waals surface area (Å²) >= 11 is 11.5. The van der Waals surface area contributed by atoms with Gasteiger partial charge in [-0.2, -0.15) is 0 Å². The third-order valence-corrected chi connectivity index (χ3v) is 2.28. The van der Waals surface area contributed by atoms with Gasteiger partial charge in [0, 0.05) is 22.2 Å². The summed E-state index contributed by atoms with van der Waals surface area (Å²) in [6.45, 7) is 0.130. The van der Waals surface area contributed by atoms with Gasteiger partial charge in [0.15, 0.2) is 0 Å². The van der Waals surface area contributed by atoms with Crippen molar-refractivity contribution in [3.8, 4) is 0 Å². The Morgan fingerprint density at radius 2 is 2.21 bits per heavy atom. The summed E-state index contributed by atoms with van der Waals surface area (Å²) in [7, 11) is 0. The Labute approximate surface area is 91.6 Å². The molecular weight excluding hydrogens is 225 g/mol. The first-order chi connectivity index (χ1) is 6.65. The van der Waals surface area contributed by atoms with E-state index in [0.29, 0.717) is 22.0 Å². The molecule has 76 valence electrons. The normalized spacial score (nSPS) is 12.2. The monoisotopic (exact) mass is 233 g/mol. The van der Waals surface area contributed by atoms with Gasteiger partial charge >= 0.3 is 0 Å². The van der Waals surface area contributed by atoms with E-state index in [1.54, 1.807) is 18.2 Å². The lowest BCUT2D eigenvalue weighted by atomic mass is 10.1. The minimum absolute atomic E-state index is 0.130. The lowest BCUT2D eigenvalue weighted by Crippen LogP contribution is -2.19. The van der Waals surface area contributed by atoms with Gasteiger partial charge in [0.25, 0.3) is 0 Å². The molecule has 0 radical (unpaired) electrons. The molecule has 3 nitrogen and oxygen atoms in total. The number of hydrogen-bond acceptors (Lipinski definition) is 2. The molecule has 0 saturated heterocycles. The standard InChI is InChI=1S/C9H9Cl2NO2/c10-6-1-2-7(8(11)3-6)9(14)4-12-5-13/h1-3,5,9,14H,4H2,(H,12,13). The molecule has 1 unspecified atom stereocenters. The predicted molar refractivity (Wildman–Crippen MR) is 55.5 cm³/mol. The van der Waals surface area contributed by atoms with Crippen molar-refractivity contribution in [2.24, 2.45) is 0 Å². The van der Waals surface area contributed by atoms with E-state index in [4.69, 9.17) is 23.2 Å². The zero-order valence-corrected chi connectivity index (χ0v) is 8.72. The van der Waals surface area contributed by atoms with E-state index in [0.717, 1.165) is 0 Å². The average molecular weight is 234 g/mol. The maximum atomic E-state index is 10.0. The van der Waals surface area contributed by atoms with Crippen LogP contribution in [0.3, 0.4) is 0 Å². The van der Waals surface area contributed by atoms with Crippen LogP contribution >= 0.6 is 23.2 Å². The highest BCUT2D eigenvalue weighted by molar-refractivity contribution is 6.35. The lowest BCUT2D eigenvalue weighted by Gasteiger charge is -2.11. The maximum absolute atomic E-state index is 10.0. The molecular formula is C9H9Cl2NO2. The molecule has 0 spiro atoms. The van der Waals surface area contributed by atoms with E-state index in [2.05, 4.69) is 5.32 Å². The minimum Gasteiger partial charge on any atom is -0.387 e. The number of benzene rings is 1. The van der Waals surface area contributed by atoms with Crippen LogP contribution in [-0.2, 0) is 4.79 Å². The summed E-state index contributed by atoms with van der Waals surface area (Å²) in [6.07, 6.45) is -0.294. The number of nitrogens with one attached hydrogen (secondary N) is 1. The molecule has 1 atom stereocenters. The molecule has 0 heterocycles. The molecule has 1 amide bonds. The van der Waals surface area contributed by atoms with Crippen LogP contribution in [0, 0.1) is 0 Å². The molecule has 0 bridgehead atoms. The Morgan fingerprint density at radius 1 is 1.50 bits per heavy atom. The number of hydrogen-bond donors (Lipinski definition) is 2. The van der Waals surface area contributed by atoms with Crippen molar-refractivity contribution in [2.45, 2.75) is 6.10 Å². The Morgan fingerprint density at radius 3 is 2.79 bits per heavy atom. The molecule has 5 heteroatoms. The highest BCUT2D eigenvalue weighted by atomic mass is 35.5. The number of rotatable bonds is 4. The molecule has 0 aromatic heterocycles. The van der Waals surface area contributed by atoms with Crippen molar-refractivity contribution in [1.29, 1.82) is 0 Å². The van der Waals surface area contributed by atoms with E-state index in [-0.39, 0.29) is 6.54 Å². The van der Waals surface area contributed by atoms with E-state index >= 15 is 0 Å². The van der Waals surface area contributed by atoms with Crippen molar-refractivity contribution in [1.82, 2.24) is 5.32 Å². The molecule has 0 fully saturated rings. The number of carbonyl (C=O) groups excluding carboxylic acids is 1. The molecule has 0 saturated carbocycles. The Balaban J connectivity index is 2.78. The van der Waals surface area contributed by atoms with Crippen LogP contribution in [0.25, 0.3) is 0 Å². The summed E-state index contributed by atoms with van der Waals surface area (Å²) in [4.78, 5) is 10.0. The van der Waals surface area contributed by atoms with Crippen LogP contribution < -0.4 is 5.32 Å². The van der Waals surface area contributed by atoms with Crippen LogP contribution in [0.5, 0.6) is 0 Å². The average Bonchev–Trinajstić information content (AvgIpc) is 2.14. The van der Waals surface area contributed by atoms with Crippen LogP contribution in [0.15, 0.2) is 18.2 Å². The second-order valence-electron chi connectivity index (χ2n) is 2.71. The van der Waals surface area contributed by atoms with Gasteiger partial charge in [0.1, 0.15) is 0 Å². The fraction of sp³-hybridized carbons (Fsp3) is 0.222. The molecule has 14 heavy (non-hydrogen) atoms. The van der Waals surface area contributed by atoms with E-state index < -0.39 is 6.10 Å². The van der Waals surface area contributed by atoms with Gasteiger partial charge in [0.2, 0.25) is 6.41 Å². The number of halogens is 2. The molecule has 2 N–H and O–H groups in total. The molecule has 0 aliphatic carbocycles. The maximum Gasteiger partial charge on any atom is 0.207 e. The van der Waals surface area contributed by atoms with E-state index in [1.807, 2.05) is 0 Å². The molecule has 1 rings (SSSR count). The summed E-state index contributed by atoms with van der Waals surface area (Å²) in [6, 6.07) is 4.80. The van der Waals surface area contributed by atoms with Gasteiger partial charge in [0.05, 0.1) is 6.10 Å². The zero-order valence-electron chi connectivity index (χ0n) is 7.21. The van der Waals surface area contributed by atoms with Gasteiger partial charge in [-0.1, -0.05) is 29.3 Å². The largest absolute Gasteiger partial charge is 0.387 e. The molecule has 1 aromatic rings. The fourth-order valence-corrected chi connectivity index (χ4v) is 1.58. The zero-order chi connectivity index (χ0) is 10.6. The lowest BCUT2D eigenvalue weighted by molar-refractivity contribution is -0.109. The number of aliphatic hydroxyl groups is 1. The van der Waals surface area contributed by atoms with Gasteiger partial charge in [-0.25, -0.2) is 0 Å². The van der Waals surface area contributed by atoms with Gasteiger partial charge in [-0.3, -0.25) is 4.79 Å². The first-order valence-electron chi connectivity index (χ1n) is 3.95. The quantitative estimate of drug-likeness (QED) is 0.780. The van der Waals surface area contributed by atoms with E-state index in [9.17, 15) is 9.90 Å². The van der Waals surface area contributed by atoms with E-state index in [1.165, 1.54) is 0 Å². The molecule has 1 aromatic carbocycles. The predicted octanol–water partition coefficient (Wildman–Crippen LogP) is 1.77. The summed E-state index contributed by atoms with van der Waals surface area (Å²) in [5.74, 6) is 0. The van der Waals surface area contributed by atoms with Gasteiger partial charge in [-0.05, 0) is 12.1 Å². The highest BCUT2D eigenvalue weighted by Gasteiger charge is 2.10. The second kappa shape index (κ2) is 5.20. The van der Waals surface area contributed by atoms with Crippen molar-refractivity contribution in [3.63, 3.8) is 0 Å². The molecule has 0 aliphatic heterocycles. The highest BCUT2D eigenvalue weighted by Crippen LogP contribution is 2.25. The van der Waals surface area contributed by atoms with Crippen LogP contribution in [0.1, 0.15) is 11.7 Å². The molecule has 0 aliphatic rings. The van der Waals surface area contributed by atoms with Crippen LogP contribution in [0.2, 0.25) is 10.0 Å². The number of amides is 1. The SMILES string of the molecule is O=CNCC(O)c1ccc(Cl)cc1Cl.